The molecule has 1 aliphatic carbocycles. The first kappa shape index (κ1) is 14.8. The Hall–Kier alpha value is -2.10. The molecule has 0 amide bonds. The Morgan fingerprint density at radius 3 is 2.68 bits per heavy atom. The van der Waals surface area contributed by atoms with E-state index in [0.29, 0.717) is 11.3 Å². The average Bonchev–Trinajstić information content (AvgIpc) is 2.93. The molecule has 0 saturated heterocycles. The number of hydrogen-bond donors (Lipinski definition) is 0. The molecule has 4 nitrogen and oxygen atoms in total. The van der Waals surface area contributed by atoms with Crippen molar-refractivity contribution in [2.45, 2.75) is 40.0 Å². The minimum atomic E-state index is -0.426. The fourth-order valence-corrected chi connectivity index (χ4v) is 2.72. The molecule has 0 atom stereocenters. The van der Waals surface area contributed by atoms with Crippen molar-refractivity contribution in [3.63, 3.8) is 0 Å². The molecule has 1 heterocycles. The van der Waals surface area contributed by atoms with Crippen molar-refractivity contribution in [2.75, 3.05) is 6.61 Å². The number of ketones is 1. The number of hydrogen-bond acceptors (Lipinski definition) is 4. The SMILES string of the molecule is CC(C)(C)C(=O)COc1ccc2c3c(c(=O)oc2c1)CCC3. The molecule has 0 N–H and O–H groups in total. The van der Waals surface area contributed by atoms with Gasteiger partial charge >= 0.3 is 5.63 Å². The zero-order chi connectivity index (χ0) is 15.9. The van der Waals surface area contributed by atoms with Crippen LogP contribution in [0.15, 0.2) is 27.4 Å². The van der Waals surface area contributed by atoms with E-state index in [9.17, 15) is 9.59 Å². The van der Waals surface area contributed by atoms with E-state index in [1.807, 2.05) is 32.9 Å². The van der Waals surface area contributed by atoms with Gasteiger partial charge in [-0.05, 0) is 37.0 Å². The zero-order valence-electron chi connectivity index (χ0n) is 13.2. The summed E-state index contributed by atoms with van der Waals surface area (Å²) in [6.07, 6.45) is 2.71. The standard InChI is InChI=1S/C18H20O4/c1-18(2,3)16(19)10-21-11-7-8-13-12-5-4-6-14(12)17(20)22-15(13)9-11/h7-9H,4-6,10H2,1-3H3. The molecule has 0 unspecified atom stereocenters. The molecule has 0 aliphatic heterocycles. The summed E-state index contributed by atoms with van der Waals surface area (Å²) in [4.78, 5) is 23.9. The van der Waals surface area contributed by atoms with Gasteiger partial charge in [-0.1, -0.05) is 20.8 Å². The second-order valence-electron chi connectivity index (χ2n) is 6.82. The summed E-state index contributed by atoms with van der Waals surface area (Å²) in [5.41, 5.74) is 1.77. The van der Waals surface area contributed by atoms with Gasteiger partial charge < -0.3 is 9.15 Å². The Kier molecular flexibility index (Phi) is 3.55. The van der Waals surface area contributed by atoms with Crippen LogP contribution in [0.3, 0.4) is 0 Å². The Morgan fingerprint density at radius 1 is 1.23 bits per heavy atom. The first-order chi connectivity index (χ1) is 10.4. The van der Waals surface area contributed by atoms with Crippen molar-refractivity contribution in [3.8, 4) is 5.75 Å². The third-order valence-electron chi connectivity index (χ3n) is 4.15. The van der Waals surface area contributed by atoms with Gasteiger partial charge in [0.25, 0.3) is 0 Å². The Balaban J connectivity index is 1.90. The second-order valence-corrected chi connectivity index (χ2v) is 6.82. The fraction of sp³-hybridized carbons (Fsp3) is 0.444. The zero-order valence-corrected chi connectivity index (χ0v) is 13.2. The van der Waals surface area contributed by atoms with Crippen LogP contribution in [0.2, 0.25) is 0 Å². The highest BCUT2D eigenvalue weighted by molar-refractivity contribution is 5.85. The maximum absolute atomic E-state index is 12.0. The van der Waals surface area contributed by atoms with Gasteiger partial charge in [-0.3, -0.25) is 4.79 Å². The fourth-order valence-electron chi connectivity index (χ4n) is 2.72. The van der Waals surface area contributed by atoms with E-state index >= 15 is 0 Å². The molecule has 0 spiro atoms. The van der Waals surface area contributed by atoms with Crippen molar-refractivity contribution in [1.29, 1.82) is 0 Å². The lowest BCUT2D eigenvalue weighted by molar-refractivity contribution is -0.128. The van der Waals surface area contributed by atoms with E-state index in [0.717, 1.165) is 35.8 Å². The van der Waals surface area contributed by atoms with E-state index in [1.165, 1.54) is 0 Å². The quantitative estimate of drug-likeness (QED) is 0.816. The monoisotopic (exact) mass is 300 g/mol. The minimum absolute atomic E-state index is 0.0180. The van der Waals surface area contributed by atoms with Gasteiger partial charge in [0.2, 0.25) is 0 Å². The van der Waals surface area contributed by atoms with E-state index < -0.39 is 5.41 Å². The van der Waals surface area contributed by atoms with Crippen LogP contribution in [0.25, 0.3) is 11.0 Å². The van der Waals surface area contributed by atoms with Gasteiger partial charge in [0.05, 0.1) is 0 Å². The molecule has 0 radical (unpaired) electrons. The lowest BCUT2D eigenvalue weighted by atomic mass is 9.91. The highest BCUT2D eigenvalue weighted by Crippen LogP contribution is 2.29. The summed E-state index contributed by atoms with van der Waals surface area (Å²) in [7, 11) is 0. The molecule has 1 aliphatic rings. The first-order valence-electron chi connectivity index (χ1n) is 7.61. The molecule has 2 aromatic rings. The normalized spacial score (nSPS) is 14.1. The van der Waals surface area contributed by atoms with Crippen LogP contribution in [0.4, 0.5) is 0 Å². The highest BCUT2D eigenvalue weighted by atomic mass is 16.5. The summed E-state index contributed by atoms with van der Waals surface area (Å²) in [6.45, 7) is 5.61. The number of carbonyl (C=O) groups excluding carboxylic acids is 1. The van der Waals surface area contributed by atoms with Crippen LogP contribution < -0.4 is 10.4 Å². The topological polar surface area (TPSA) is 56.5 Å². The largest absolute Gasteiger partial charge is 0.486 e. The maximum Gasteiger partial charge on any atom is 0.339 e. The lowest BCUT2D eigenvalue weighted by Crippen LogP contribution is -2.26. The first-order valence-corrected chi connectivity index (χ1v) is 7.61. The molecule has 4 heteroatoms. The molecular weight excluding hydrogens is 280 g/mol. The van der Waals surface area contributed by atoms with E-state index in [4.69, 9.17) is 9.15 Å². The van der Waals surface area contributed by atoms with Crippen LogP contribution in [0.1, 0.15) is 38.3 Å². The van der Waals surface area contributed by atoms with E-state index in [1.54, 1.807) is 6.07 Å². The van der Waals surface area contributed by atoms with Gasteiger partial charge in [0.1, 0.15) is 17.9 Å². The van der Waals surface area contributed by atoms with Crippen molar-refractivity contribution in [3.05, 3.63) is 39.7 Å². The van der Waals surface area contributed by atoms with Gasteiger partial charge in [-0.15, -0.1) is 0 Å². The van der Waals surface area contributed by atoms with Gasteiger partial charge in [0, 0.05) is 22.4 Å². The maximum atomic E-state index is 12.0. The molecule has 0 fully saturated rings. The summed E-state index contributed by atoms with van der Waals surface area (Å²) in [5.74, 6) is 0.578. The molecule has 22 heavy (non-hydrogen) atoms. The van der Waals surface area contributed by atoms with Crippen LogP contribution in [-0.2, 0) is 17.6 Å². The van der Waals surface area contributed by atoms with Gasteiger partial charge in [0.15, 0.2) is 5.78 Å². The van der Waals surface area contributed by atoms with E-state index in [-0.39, 0.29) is 18.0 Å². The third kappa shape index (κ3) is 2.65. The molecule has 1 aromatic carbocycles. The number of benzene rings is 1. The third-order valence-corrected chi connectivity index (χ3v) is 4.15. The molecule has 3 rings (SSSR count). The van der Waals surface area contributed by atoms with Crippen LogP contribution in [0, 0.1) is 5.41 Å². The van der Waals surface area contributed by atoms with Crippen molar-refractivity contribution < 1.29 is 13.9 Å². The average molecular weight is 300 g/mol. The Morgan fingerprint density at radius 2 is 1.95 bits per heavy atom. The predicted octanol–water partition coefficient (Wildman–Crippen LogP) is 3.28. The predicted molar refractivity (Wildman–Crippen MR) is 84.5 cm³/mol. The summed E-state index contributed by atoms with van der Waals surface area (Å²) in [6, 6.07) is 5.45. The lowest BCUT2D eigenvalue weighted by Gasteiger charge is -2.16. The number of carbonyl (C=O) groups is 1. The molecule has 0 bridgehead atoms. The second kappa shape index (κ2) is 5.27. The Labute approximate surface area is 129 Å². The number of aryl methyl sites for hydroxylation is 1. The number of Topliss-reactive ketones (excluding diaryl/α,β-unsaturated/α-hetero) is 1. The van der Waals surface area contributed by atoms with Crippen LogP contribution in [0.5, 0.6) is 5.75 Å². The van der Waals surface area contributed by atoms with Gasteiger partial charge in [-0.2, -0.15) is 0 Å². The minimum Gasteiger partial charge on any atom is -0.486 e. The van der Waals surface area contributed by atoms with Crippen molar-refractivity contribution in [1.82, 2.24) is 0 Å². The van der Waals surface area contributed by atoms with Crippen LogP contribution >= 0.6 is 0 Å². The number of fused-ring (bicyclic) bond motifs is 3. The Bertz CT molecular complexity index is 793. The van der Waals surface area contributed by atoms with Crippen molar-refractivity contribution >= 4 is 16.8 Å². The van der Waals surface area contributed by atoms with Crippen molar-refractivity contribution in [2.24, 2.45) is 5.41 Å². The molecule has 116 valence electrons. The highest BCUT2D eigenvalue weighted by Gasteiger charge is 2.22. The summed E-state index contributed by atoms with van der Waals surface area (Å²) in [5, 5.41) is 0.974. The summed E-state index contributed by atoms with van der Waals surface area (Å²) < 4.78 is 10.9. The number of rotatable bonds is 3. The smallest absolute Gasteiger partial charge is 0.339 e. The molecule has 1 aromatic heterocycles. The number of ether oxygens (including phenoxy) is 1. The van der Waals surface area contributed by atoms with Gasteiger partial charge in [-0.25, -0.2) is 4.79 Å². The van der Waals surface area contributed by atoms with E-state index in [2.05, 4.69) is 0 Å². The molecular formula is C18H20O4. The summed E-state index contributed by atoms with van der Waals surface area (Å²) >= 11 is 0. The van der Waals surface area contributed by atoms with Crippen LogP contribution in [-0.4, -0.2) is 12.4 Å². The molecule has 0 saturated carbocycles.